The SMILES string of the molecule is CCCCc1c([C@H]2C(C)=CCC[C@@H]2C)c(C)nn1-c1cc(Oc2ccc3c4ccccc4n(-c4cc(CC(C)C)ccn4)c3c2)cc(C(C)(C)C)c1. The standard InChI is InChI=1S/C47H56N4O/c1-10-11-18-42-46(45-31(4)15-14-16-32(45)5)33(6)49-51(42)36-26-35(47(7,8)9)27-38(28-36)52-37-20-21-40-39-17-12-13-19-41(39)50(43(40)29-37)44-25-34(22-23-48-44)24-30(2)3/h12-13,15,17,19-23,25-30,32,45H,10-11,14,16,18,24H2,1-9H3/t32-,45-/m0/s1. The molecular formula is C47H56N4O. The lowest BCUT2D eigenvalue weighted by Crippen LogP contribution is -2.17. The van der Waals surface area contributed by atoms with Crippen LogP contribution in [-0.4, -0.2) is 19.3 Å². The maximum absolute atomic E-state index is 6.87. The van der Waals surface area contributed by atoms with E-state index >= 15 is 0 Å². The molecule has 0 aliphatic heterocycles. The third kappa shape index (κ3) is 6.95. The van der Waals surface area contributed by atoms with Crippen LogP contribution in [0.3, 0.4) is 0 Å². The lowest BCUT2D eigenvalue weighted by atomic mass is 9.75. The second-order valence-corrected chi connectivity index (χ2v) is 16.7. The van der Waals surface area contributed by atoms with Gasteiger partial charge in [0.05, 0.1) is 22.4 Å². The van der Waals surface area contributed by atoms with E-state index in [0.717, 1.165) is 65.4 Å². The Kier molecular flexibility index (Phi) is 9.91. The quantitative estimate of drug-likeness (QED) is 0.134. The van der Waals surface area contributed by atoms with E-state index in [0.29, 0.717) is 17.8 Å². The average molecular weight is 693 g/mol. The van der Waals surface area contributed by atoms with Crippen molar-refractivity contribution in [3.05, 3.63) is 119 Å². The maximum atomic E-state index is 6.87. The Morgan fingerprint density at radius 2 is 1.69 bits per heavy atom. The molecule has 0 fully saturated rings. The van der Waals surface area contributed by atoms with Gasteiger partial charge in [0, 0.05) is 46.3 Å². The summed E-state index contributed by atoms with van der Waals surface area (Å²) >= 11 is 0. The first-order valence-electron chi connectivity index (χ1n) is 19.5. The van der Waals surface area contributed by atoms with E-state index in [4.69, 9.17) is 14.8 Å². The topological polar surface area (TPSA) is 44.9 Å². The van der Waals surface area contributed by atoms with Gasteiger partial charge in [0.2, 0.25) is 0 Å². The summed E-state index contributed by atoms with van der Waals surface area (Å²) in [5.74, 6) is 4.13. The summed E-state index contributed by atoms with van der Waals surface area (Å²) in [5, 5.41) is 7.70. The predicted molar refractivity (Wildman–Crippen MR) is 218 cm³/mol. The molecule has 0 saturated carbocycles. The van der Waals surface area contributed by atoms with Gasteiger partial charge < -0.3 is 4.74 Å². The fraction of sp³-hybridized carbons (Fsp3) is 0.404. The summed E-state index contributed by atoms with van der Waals surface area (Å²) in [7, 11) is 0. The van der Waals surface area contributed by atoms with E-state index in [1.54, 1.807) is 0 Å². The first-order valence-corrected chi connectivity index (χ1v) is 19.5. The first-order chi connectivity index (χ1) is 24.9. The van der Waals surface area contributed by atoms with Crippen molar-refractivity contribution in [2.75, 3.05) is 0 Å². The Hall–Kier alpha value is -4.64. The number of rotatable bonds is 10. The summed E-state index contributed by atoms with van der Waals surface area (Å²) in [6.07, 6.45) is 11.1. The number of unbranched alkanes of at least 4 members (excludes halogenated alkanes) is 1. The molecule has 5 nitrogen and oxygen atoms in total. The molecule has 3 aromatic heterocycles. The van der Waals surface area contributed by atoms with Gasteiger partial charge in [0.15, 0.2) is 0 Å². The Bertz CT molecular complexity index is 2260. The monoisotopic (exact) mass is 692 g/mol. The van der Waals surface area contributed by atoms with Crippen molar-refractivity contribution in [3.8, 4) is 23.0 Å². The van der Waals surface area contributed by atoms with Crippen LogP contribution in [0.5, 0.6) is 11.5 Å². The predicted octanol–water partition coefficient (Wildman–Crippen LogP) is 12.8. The van der Waals surface area contributed by atoms with Crippen molar-refractivity contribution in [1.82, 2.24) is 19.3 Å². The number of hydrogen-bond donors (Lipinski definition) is 0. The van der Waals surface area contributed by atoms with Crippen LogP contribution in [0.15, 0.2) is 90.6 Å². The molecule has 1 aliphatic carbocycles. The third-order valence-electron chi connectivity index (χ3n) is 11.0. The zero-order valence-electron chi connectivity index (χ0n) is 32.8. The van der Waals surface area contributed by atoms with E-state index in [-0.39, 0.29) is 5.41 Å². The third-order valence-corrected chi connectivity index (χ3v) is 11.0. The molecule has 3 aromatic carbocycles. The summed E-state index contributed by atoms with van der Waals surface area (Å²) in [4.78, 5) is 4.88. The molecule has 1 aliphatic rings. The van der Waals surface area contributed by atoms with Gasteiger partial charge in [-0.1, -0.05) is 84.7 Å². The lowest BCUT2D eigenvalue weighted by Gasteiger charge is -2.30. The molecule has 7 rings (SSSR count). The number of aryl methyl sites for hydroxylation is 1. The smallest absolute Gasteiger partial charge is 0.137 e. The molecule has 0 radical (unpaired) electrons. The highest BCUT2D eigenvalue weighted by Gasteiger charge is 2.31. The van der Waals surface area contributed by atoms with Gasteiger partial charge in [-0.15, -0.1) is 0 Å². The number of benzene rings is 3. The van der Waals surface area contributed by atoms with Crippen molar-refractivity contribution in [2.45, 2.75) is 112 Å². The fourth-order valence-electron chi connectivity index (χ4n) is 8.39. The second-order valence-electron chi connectivity index (χ2n) is 16.7. The number of pyridine rings is 1. The van der Waals surface area contributed by atoms with Gasteiger partial charge in [-0.25, -0.2) is 9.67 Å². The zero-order valence-corrected chi connectivity index (χ0v) is 32.8. The highest BCUT2D eigenvalue weighted by Crippen LogP contribution is 2.43. The zero-order chi connectivity index (χ0) is 36.7. The lowest BCUT2D eigenvalue weighted by molar-refractivity contribution is 0.446. The van der Waals surface area contributed by atoms with Crippen LogP contribution in [0.2, 0.25) is 0 Å². The molecular weight excluding hydrogens is 637 g/mol. The highest BCUT2D eigenvalue weighted by atomic mass is 16.5. The van der Waals surface area contributed by atoms with Crippen molar-refractivity contribution in [3.63, 3.8) is 0 Å². The molecule has 2 atom stereocenters. The van der Waals surface area contributed by atoms with Gasteiger partial charge in [0.25, 0.3) is 0 Å². The molecule has 0 bridgehead atoms. The van der Waals surface area contributed by atoms with E-state index in [1.165, 1.54) is 51.6 Å². The number of para-hydroxylation sites is 1. The van der Waals surface area contributed by atoms with Crippen LogP contribution in [-0.2, 0) is 18.3 Å². The number of ether oxygens (including phenoxy) is 1. The molecule has 3 heterocycles. The van der Waals surface area contributed by atoms with Crippen LogP contribution >= 0.6 is 0 Å². The number of fused-ring (bicyclic) bond motifs is 3. The molecule has 0 spiro atoms. The van der Waals surface area contributed by atoms with Crippen molar-refractivity contribution >= 4 is 21.8 Å². The summed E-state index contributed by atoms with van der Waals surface area (Å²) in [5.41, 5.74) is 11.1. The molecule has 5 heteroatoms. The van der Waals surface area contributed by atoms with E-state index in [2.05, 4.69) is 150 Å². The summed E-state index contributed by atoms with van der Waals surface area (Å²) < 4.78 is 11.4. The number of nitrogens with zero attached hydrogens (tertiary/aromatic N) is 4. The van der Waals surface area contributed by atoms with Crippen LogP contribution < -0.4 is 4.74 Å². The van der Waals surface area contributed by atoms with Crippen LogP contribution in [0.1, 0.15) is 115 Å². The summed E-state index contributed by atoms with van der Waals surface area (Å²) in [6.45, 7) is 20.6. The molecule has 6 aromatic rings. The molecule has 0 N–H and O–H groups in total. The minimum atomic E-state index is -0.0804. The normalized spacial score (nSPS) is 16.6. The Labute approximate surface area is 310 Å². The fourth-order valence-corrected chi connectivity index (χ4v) is 8.39. The largest absolute Gasteiger partial charge is 0.457 e. The second kappa shape index (κ2) is 14.4. The van der Waals surface area contributed by atoms with Gasteiger partial charge in [-0.2, -0.15) is 5.10 Å². The minimum Gasteiger partial charge on any atom is -0.457 e. The van der Waals surface area contributed by atoms with Crippen molar-refractivity contribution in [2.24, 2.45) is 11.8 Å². The number of hydrogen-bond acceptors (Lipinski definition) is 3. The minimum absolute atomic E-state index is 0.0804. The van der Waals surface area contributed by atoms with Crippen molar-refractivity contribution in [1.29, 1.82) is 0 Å². The van der Waals surface area contributed by atoms with Crippen LogP contribution in [0, 0.1) is 18.8 Å². The Morgan fingerprint density at radius 1 is 0.904 bits per heavy atom. The number of allylic oxidation sites excluding steroid dienone is 2. The van der Waals surface area contributed by atoms with Gasteiger partial charge >= 0.3 is 0 Å². The van der Waals surface area contributed by atoms with Crippen molar-refractivity contribution < 1.29 is 4.74 Å². The van der Waals surface area contributed by atoms with Crippen LogP contribution in [0.4, 0.5) is 0 Å². The first kappa shape index (κ1) is 35.7. The molecule has 0 unspecified atom stereocenters. The summed E-state index contributed by atoms with van der Waals surface area (Å²) in [6, 6.07) is 26.2. The number of aromatic nitrogens is 4. The van der Waals surface area contributed by atoms with Gasteiger partial charge in [0.1, 0.15) is 17.3 Å². The van der Waals surface area contributed by atoms with E-state index in [1.807, 2.05) is 6.20 Å². The molecule has 0 amide bonds. The molecule has 270 valence electrons. The van der Waals surface area contributed by atoms with E-state index < -0.39 is 0 Å². The van der Waals surface area contributed by atoms with Crippen LogP contribution in [0.25, 0.3) is 33.3 Å². The maximum Gasteiger partial charge on any atom is 0.137 e. The van der Waals surface area contributed by atoms with Gasteiger partial charge in [-0.05, 0) is 117 Å². The van der Waals surface area contributed by atoms with E-state index in [9.17, 15) is 0 Å². The average Bonchev–Trinajstić information content (AvgIpc) is 3.60. The van der Waals surface area contributed by atoms with Gasteiger partial charge in [-0.3, -0.25) is 4.57 Å². The molecule has 0 saturated heterocycles. The highest BCUT2D eigenvalue weighted by molar-refractivity contribution is 6.09. The Morgan fingerprint density at radius 3 is 2.44 bits per heavy atom. The molecule has 52 heavy (non-hydrogen) atoms. The Balaban J connectivity index is 1.35.